The van der Waals surface area contributed by atoms with Crippen molar-refractivity contribution in [1.82, 2.24) is 25.3 Å². The summed E-state index contributed by atoms with van der Waals surface area (Å²) >= 11 is 0. The van der Waals surface area contributed by atoms with Gasteiger partial charge in [0, 0.05) is 12.7 Å². The Labute approximate surface area is 101 Å². The molecule has 2 heterocycles. The lowest BCUT2D eigenvalue weighted by atomic mass is 10.1. The normalized spacial score (nSPS) is 12.6. The van der Waals surface area contributed by atoms with Crippen LogP contribution in [0.25, 0.3) is 0 Å². The van der Waals surface area contributed by atoms with Gasteiger partial charge in [0.05, 0.1) is 23.6 Å². The quantitative estimate of drug-likeness (QED) is 0.845. The van der Waals surface area contributed by atoms with Crippen LogP contribution in [0.4, 0.5) is 0 Å². The van der Waals surface area contributed by atoms with Crippen LogP contribution in [0.5, 0.6) is 0 Å². The molecule has 0 saturated heterocycles. The lowest BCUT2D eigenvalue weighted by Crippen LogP contribution is -2.22. The Morgan fingerprint density at radius 2 is 2.29 bits per heavy atom. The topological polar surface area (TPSA) is 55.6 Å². The highest BCUT2D eigenvalue weighted by molar-refractivity contribution is 5.19. The Morgan fingerprint density at radius 1 is 1.41 bits per heavy atom. The maximum Gasteiger partial charge on any atom is 0.0935 e. The molecule has 0 bridgehead atoms. The standard InChI is InChI=1S/C12H17N5/c1-3-8-17-11(9-15-16-17)12(13-2)10-6-4-5-7-14-10/h4-7,9,12-13H,3,8H2,1-2H3. The SMILES string of the molecule is CCCn1nncc1C(NC)c1ccccn1. The van der Waals surface area contributed by atoms with Gasteiger partial charge in [0.2, 0.25) is 0 Å². The van der Waals surface area contributed by atoms with E-state index in [9.17, 15) is 0 Å². The number of nitrogens with zero attached hydrogens (tertiary/aromatic N) is 4. The van der Waals surface area contributed by atoms with Crippen LogP contribution in [-0.4, -0.2) is 27.0 Å². The molecule has 0 aliphatic heterocycles. The fraction of sp³-hybridized carbons (Fsp3) is 0.417. The molecule has 1 N–H and O–H groups in total. The minimum absolute atomic E-state index is 0.0396. The van der Waals surface area contributed by atoms with E-state index < -0.39 is 0 Å². The average molecular weight is 231 g/mol. The van der Waals surface area contributed by atoms with Crippen LogP contribution < -0.4 is 5.32 Å². The molecular formula is C12H17N5. The monoisotopic (exact) mass is 231 g/mol. The van der Waals surface area contributed by atoms with Gasteiger partial charge in [-0.25, -0.2) is 4.68 Å². The maximum atomic E-state index is 4.38. The first-order chi connectivity index (χ1) is 8.36. The first-order valence-corrected chi connectivity index (χ1v) is 5.83. The molecular weight excluding hydrogens is 214 g/mol. The molecule has 0 aromatic carbocycles. The van der Waals surface area contributed by atoms with Crippen molar-refractivity contribution in [2.45, 2.75) is 25.9 Å². The van der Waals surface area contributed by atoms with Gasteiger partial charge >= 0.3 is 0 Å². The number of rotatable bonds is 5. The van der Waals surface area contributed by atoms with E-state index in [1.807, 2.05) is 29.9 Å². The molecule has 0 saturated carbocycles. The van der Waals surface area contributed by atoms with E-state index in [1.54, 1.807) is 12.4 Å². The zero-order valence-corrected chi connectivity index (χ0v) is 10.2. The molecule has 1 unspecified atom stereocenters. The largest absolute Gasteiger partial charge is 0.307 e. The van der Waals surface area contributed by atoms with Crippen LogP contribution in [0, 0.1) is 0 Å². The molecule has 17 heavy (non-hydrogen) atoms. The molecule has 1 atom stereocenters. The number of pyridine rings is 1. The summed E-state index contributed by atoms with van der Waals surface area (Å²) < 4.78 is 1.93. The van der Waals surface area contributed by atoms with Gasteiger partial charge in [-0.05, 0) is 25.6 Å². The first-order valence-electron chi connectivity index (χ1n) is 5.83. The summed E-state index contributed by atoms with van der Waals surface area (Å²) in [5.41, 5.74) is 2.03. The lowest BCUT2D eigenvalue weighted by Gasteiger charge is -2.16. The summed E-state index contributed by atoms with van der Waals surface area (Å²) in [7, 11) is 1.92. The molecule has 0 aliphatic carbocycles. The average Bonchev–Trinajstić information content (AvgIpc) is 2.81. The summed E-state index contributed by atoms with van der Waals surface area (Å²) in [5, 5.41) is 11.3. The zero-order chi connectivity index (χ0) is 12.1. The number of hydrogen-bond acceptors (Lipinski definition) is 4. The van der Waals surface area contributed by atoms with Crippen molar-refractivity contribution < 1.29 is 0 Å². The summed E-state index contributed by atoms with van der Waals surface area (Å²) in [5.74, 6) is 0. The van der Waals surface area contributed by atoms with Crippen molar-refractivity contribution in [1.29, 1.82) is 0 Å². The van der Waals surface area contributed by atoms with Gasteiger partial charge in [0.25, 0.3) is 0 Å². The Morgan fingerprint density at radius 3 is 2.94 bits per heavy atom. The van der Waals surface area contributed by atoms with Crippen LogP contribution in [0.1, 0.15) is 30.8 Å². The highest BCUT2D eigenvalue weighted by Crippen LogP contribution is 2.18. The van der Waals surface area contributed by atoms with Crippen molar-refractivity contribution in [2.75, 3.05) is 7.05 Å². The third kappa shape index (κ3) is 2.50. The van der Waals surface area contributed by atoms with Crippen LogP contribution in [0.15, 0.2) is 30.6 Å². The predicted octanol–water partition coefficient (Wildman–Crippen LogP) is 1.39. The zero-order valence-electron chi connectivity index (χ0n) is 10.2. The van der Waals surface area contributed by atoms with Gasteiger partial charge in [0.15, 0.2) is 0 Å². The second-order valence-corrected chi connectivity index (χ2v) is 3.86. The van der Waals surface area contributed by atoms with E-state index >= 15 is 0 Å². The summed E-state index contributed by atoms with van der Waals surface area (Å²) in [4.78, 5) is 4.38. The van der Waals surface area contributed by atoms with Crippen molar-refractivity contribution in [3.05, 3.63) is 42.0 Å². The number of nitrogens with one attached hydrogen (secondary N) is 1. The first kappa shape index (κ1) is 11.7. The third-order valence-electron chi connectivity index (χ3n) is 2.65. The predicted molar refractivity (Wildman–Crippen MR) is 65.5 cm³/mol. The van der Waals surface area contributed by atoms with Gasteiger partial charge < -0.3 is 5.32 Å². The molecule has 2 rings (SSSR count). The van der Waals surface area contributed by atoms with E-state index in [-0.39, 0.29) is 6.04 Å². The summed E-state index contributed by atoms with van der Waals surface area (Å²) in [6, 6.07) is 5.95. The van der Waals surface area contributed by atoms with Crippen LogP contribution >= 0.6 is 0 Å². The Bertz CT molecular complexity index is 451. The van der Waals surface area contributed by atoms with Gasteiger partial charge in [-0.15, -0.1) is 5.10 Å². The Kier molecular flexibility index (Phi) is 3.82. The summed E-state index contributed by atoms with van der Waals surface area (Å²) in [6.45, 7) is 3.00. The van der Waals surface area contributed by atoms with Crippen molar-refractivity contribution in [2.24, 2.45) is 0 Å². The Balaban J connectivity index is 2.32. The van der Waals surface area contributed by atoms with Crippen molar-refractivity contribution in [3.63, 3.8) is 0 Å². The van der Waals surface area contributed by atoms with Gasteiger partial charge in [-0.3, -0.25) is 4.98 Å². The molecule has 0 radical (unpaired) electrons. The third-order valence-corrected chi connectivity index (χ3v) is 2.65. The van der Waals surface area contributed by atoms with E-state index in [4.69, 9.17) is 0 Å². The van der Waals surface area contributed by atoms with E-state index in [2.05, 4.69) is 27.5 Å². The van der Waals surface area contributed by atoms with E-state index in [0.29, 0.717) is 0 Å². The van der Waals surface area contributed by atoms with Crippen LogP contribution in [0.3, 0.4) is 0 Å². The smallest absolute Gasteiger partial charge is 0.0935 e. The van der Waals surface area contributed by atoms with Crippen molar-refractivity contribution >= 4 is 0 Å². The second kappa shape index (κ2) is 5.54. The van der Waals surface area contributed by atoms with E-state index in [0.717, 1.165) is 24.4 Å². The van der Waals surface area contributed by atoms with Crippen LogP contribution in [-0.2, 0) is 6.54 Å². The molecule has 0 fully saturated rings. The second-order valence-electron chi connectivity index (χ2n) is 3.86. The molecule has 2 aromatic heterocycles. The molecule has 5 heteroatoms. The molecule has 2 aromatic rings. The molecule has 0 spiro atoms. The highest BCUT2D eigenvalue weighted by atomic mass is 15.4. The maximum absolute atomic E-state index is 4.38. The van der Waals surface area contributed by atoms with Gasteiger partial charge in [-0.1, -0.05) is 18.2 Å². The van der Waals surface area contributed by atoms with E-state index in [1.165, 1.54) is 0 Å². The fourth-order valence-electron chi connectivity index (χ4n) is 1.87. The molecule has 0 amide bonds. The molecule has 90 valence electrons. The molecule has 0 aliphatic rings. The van der Waals surface area contributed by atoms with Gasteiger partial charge in [-0.2, -0.15) is 0 Å². The Hall–Kier alpha value is -1.75. The lowest BCUT2D eigenvalue weighted by molar-refractivity contribution is 0.519. The fourth-order valence-corrected chi connectivity index (χ4v) is 1.87. The minimum atomic E-state index is 0.0396. The molecule has 5 nitrogen and oxygen atoms in total. The van der Waals surface area contributed by atoms with Crippen molar-refractivity contribution in [3.8, 4) is 0 Å². The minimum Gasteiger partial charge on any atom is -0.307 e. The summed E-state index contributed by atoms with van der Waals surface area (Å²) in [6.07, 6.45) is 4.63. The number of aromatic nitrogens is 4. The number of hydrogen-bond donors (Lipinski definition) is 1. The van der Waals surface area contributed by atoms with Crippen LogP contribution in [0.2, 0.25) is 0 Å². The number of aryl methyl sites for hydroxylation is 1. The highest BCUT2D eigenvalue weighted by Gasteiger charge is 2.17. The van der Waals surface area contributed by atoms with Gasteiger partial charge in [0.1, 0.15) is 0 Å².